The van der Waals surface area contributed by atoms with Crippen molar-refractivity contribution >= 4 is 51.3 Å². The first kappa shape index (κ1) is 35.7. The van der Waals surface area contributed by atoms with Crippen molar-refractivity contribution in [2.24, 2.45) is 5.73 Å². The molecule has 2 amide bonds. The van der Waals surface area contributed by atoms with Crippen LogP contribution in [0.15, 0.2) is 83.8 Å². The highest BCUT2D eigenvalue weighted by molar-refractivity contribution is 5.95. The lowest BCUT2D eigenvalue weighted by Gasteiger charge is -2.18. The maximum Gasteiger partial charge on any atom is 0.417 e. The molecule has 1 saturated heterocycles. The van der Waals surface area contributed by atoms with E-state index >= 15 is 0 Å². The number of carboxylic acid groups (broad SMARTS) is 1. The Balaban J connectivity index is 1.02. The molecule has 0 bridgehead atoms. The van der Waals surface area contributed by atoms with E-state index in [2.05, 4.69) is 15.3 Å². The highest BCUT2D eigenvalue weighted by Crippen LogP contribution is 2.37. The average Bonchev–Trinajstić information content (AvgIpc) is 3.70. The summed E-state index contributed by atoms with van der Waals surface area (Å²) in [5.74, 6) is -2.86. The first-order valence-electron chi connectivity index (χ1n) is 16.1. The number of hydrogen-bond donors (Lipinski definition) is 5. The van der Waals surface area contributed by atoms with Gasteiger partial charge in [0.2, 0.25) is 5.91 Å². The number of nitrogens with zero attached hydrogens (tertiary/aromatic N) is 1. The van der Waals surface area contributed by atoms with Crippen LogP contribution in [0.5, 0.6) is 0 Å². The largest absolute Gasteiger partial charge is 0.480 e. The number of amides is 2. The fourth-order valence-corrected chi connectivity index (χ4v) is 6.03. The molecule has 3 aromatic carbocycles. The van der Waals surface area contributed by atoms with Gasteiger partial charge in [0.25, 0.3) is 5.56 Å². The number of ether oxygens (including phenoxy) is 2. The fraction of sp³-hybridized carbons (Fsp3) is 0.250. The number of carboxylic acids is 1. The molecule has 1 aliphatic heterocycles. The molecule has 0 spiro atoms. The predicted molar refractivity (Wildman–Crippen MR) is 182 cm³/mol. The van der Waals surface area contributed by atoms with Gasteiger partial charge in [-0.25, -0.2) is 9.59 Å². The van der Waals surface area contributed by atoms with Gasteiger partial charge in [0.1, 0.15) is 12.6 Å². The number of rotatable bonds is 12. The Morgan fingerprint density at radius 2 is 1.79 bits per heavy atom. The second kappa shape index (κ2) is 14.6. The average molecular weight is 720 g/mol. The Kier molecular flexibility index (Phi) is 10.0. The summed E-state index contributed by atoms with van der Waals surface area (Å²) >= 11 is 0. The van der Waals surface area contributed by atoms with Gasteiger partial charge < -0.3 is 35.6 Å². The van der Waals surface area contributed by atoms with Gasteiger partial charge in [0.05, 0.1) is 18.2 Å². The zero-order chi connectivity index (χ0) is 37.2. The monoisotopic (exact) mass is 719 g/mol. The molecule has 0 saturated carbocycles. The van der Waals surface area contributed by atoms with Crippen LogP contribution in [0.3, 0.4) is 0 Å². The van der Waals surface area contributed by atoms with Crippen LogP contribution >= 0.6 is 0 Å². The van der Waals surface area contributed by atoms with Crippen LogP contribution in [-0.4, -0.2) is 70.4 Å². The number of para-hydroxylation sites is 1. The molecule has 270 valence electrons. The van der Waals surface area contributed by atoms with Gasteiger partial charge in [0, 0.05) is 45.9 Å². The number of anilines is 1. The number of cyclic esters (lactones) is 1. The lowest BCUT2D eigenvalue weighted by molar-refractivity contribution is -0.147. The fourth-order valence-electron chi connectivity index (χ4n) is 6.03. The molecular formula is C36H32F3N5O8. The first-order valence-corrected chi connectivity index (χ1v) is 16.1. The number of pyridine rings is 1. The minimum Gasteiger partial charge on any atom is -0.480 e. The Hall–Kier alpha value is -6.16. The third-order valence-corrected chi connectivity index (χ3v) is 8.67. The number of H-pyrrole nitrogens is 2. The van der Waals surface area contributed by atoms with Crippen molar-refractivity contribution in [2.45, 2.75) is 43.6 Å². The lowest BCUT2D eigenvalue weighted by Crippen LogP contribution is -2.49. The highest BCUT2D eigenvalue weighted by atomic mass is 19.4. The van der Waals surface area contributed by atoms with E-state index in [-0.39, 0.29) is 54.7 Å². The standard InChI is InChI=1S/C36H32F3N5O8/c37-36(38,39)26-7-3-1-6-24(26)30-14-19-9-10-21(15-25(19)32(46)43-30)44-17-22(52-35(44)50)18-51-31(45)12-11-29(34(48)49)42-33(47)27(40)13-20-16-41-28-8-4-2-5-23(20)28/h1-10,14-16,22,27,29,41H,11-13,17-18,40H2,(H,42,47)(H,43,46)(H,48,49)/t22-,27-,29?/m0/s1. The summed E-state index contributed by atoms with van der Waals surface area (Å²) in [6.45, 7) is -0.411. The maximum absolute atomic E-state index is 13.6. The van der Waals surface area contributed by atoms with Crippen molar-refractivity contribution in [3.63, 3.8) is 0 Å². The van der Waals surface area contributed by atoms with Crippen LogP contribution in [0, 0.1) is 0 Å². The molecule has 3 heterocycles. The number of esters is 1. The highest BCUT2D eigenvalue weighted by Gasteiger charge is 2.35. The van der Waals surface area contributed by atoms with Crippen molar-refractivity contribution in [3.05, 3.63) is 100 Å². The first-order chi connectivity index (χ1) is 24.8. The minimum absolute atomic E-state index is 0.0253. The number of alkyl halides is 3. The van der Waals surface area contributed by atoms with Crippen molar-refractivity contribution in [1.82, 2.24) is 15.3 Å². The zero-order valence-electron chi connectivity index (χ0n) is 27.2. The molecule has 1 unspecified atom stereocenters. The van der Waals surface area contributed by atoms with Crippen LogP contribution in [0.25, 0.3) is 32.9 Å². The molecule has 0 radical (unpaired) electrons. The van der Waals surface area contributed by atoms with Gasteiger partial charge >= 0.3 is 24.2 Å². The maximum atomic E-state index is 13.6. The number of carbonyl (C=O) groups excluding carboxylic acids is 3. The van der Waals surface area contributed by atoms with E-state index in [9.17, 15) is 42.3 Å². The normalized spacial score (nSPS) is 15.7. The van der Waals surface area contributed by atoms with Gasteiger partial charge in [0.15, 0.2) is 6.10 Å². The Morgan fingerprint density at radius 3 is 2.56 bits per heavy atom. The number of benzene rings is 3. The Bertz CT molecular complexity index is 2230. The van der Waals surface area contributed by atoms with Gasteiger partial charge in [-0.1, -0.05) is 42.5 Å². The van der Waals surface area contributed by atoms with E-state index < -0.39 is 59.4 Å². The molecule has 1 fully saturated rings. The lowest BCUT2D eigenvalue weighted by atomic mass is 10.0. The van der Waals surface area contributed by atoms with E-state index in [1.165, 1.54) is 47.4 Å². The Labute approximate surface area is 292 Å². The van der Waals surface area contributed by atoms with E-state index in [0.717, 1.165) is 22.5 Å². The summed E-state index contributed by atoms with van der Waals surface area (Å²) in [6.07, 6.45) is -5.10. The van der Waals surface area contributed by atoms with E-state index in [0.29, 0.717) is 5.39 Å². The zero-order valence-corrected chi connectivity index (χ0v) is 27.2. The van der Waals surface area contributed by atoms with Crippen LogP contribution in [0.4, 0.5) is 23.7 Å². The minimum atomic E-state index is -4.64. The van der Waals surface area contributed by atoms with Crippen LogP contribution in [0.1, 0.15) is 24.0 Å². The van der Waals surface area contributed by atoms with Crippen molar-refractivity contribution < 1.29 is 46.9 Å². The van der Waals surface area contributed by atoms with E-state index in [4.69, 9.17) is 15.2 Å². The molecule has 52 heavy (non-hydrogen) atoms. The number of aliphatic carboxylic acids is 1. The van der Waals surface area contributed by atoms with Gasteiger partial charge in [-0.2, -0.15) is 13.2 Å². The number of fused-ring (bicyclic) bond motifs is 2. The molecular weight excluding hydrogens is 687 g/mol. The number of halogens is 3. The topological polar surface area (TPSA) is 197 Å². The number of nitrogens with one attached hydrogen (secondary N) is 3. The third kappa shape index (κ3) is 7.76. The summed E-state index contributed by atoms with van der Waals surface area (Å²) in [5, 5.41) is 13.3. The van der Waals surface area contributed by atoms with E-state index in [1.54, 1.807) is 6.20 Å². The molecule has 13 nitrogen and oxygen atoms in total. The second-order valence-corrected chi connectivity index (χ2v) is 12.2. The van der Waals surface area contributed by atoms with Crippen molar-refractivity contribution in [2.75, 3.05) is 18.1 Å². The van der Waals surface area contributed by atoms with Crippen LogP contribution in [0.2, 0.25) is 0 Å². The van der Waals surface area contributed by atoms with Gasteiger partial charge in [-0.3, -0.25) is 19.3 Å². The smallest absolute Gasteiger partial charge is 0.417 e. The summed E-state index contributed by atoms with van der Waals surface area (Å²) in [6, 6.07) is 15.7. The summed E-state index contributed by atoms with van der Waals surface area (Å²) < 4.78 is 51.3. The number of hydrogen-bond acceptors (Lipinski definition) is 8. The summed E-state index contributed by atoms with van der Waals surface area (Å²) in [4.78, 5) is 69.5. The van der Waals surface area contributed by atoms with E-state index in [1.807, 2.05) is 24.3 Å². The number of carbonyl (C=O) groups is 4. The van der Waals surface area contributed by atoms with Gasteiger partial charge in [-0.05, 0) is 54.1 Å². The Morgan fingerprint density at radius 1 is 1.04 bits per heavy atom. The van der Waals surface area contributed by atoms with Gasteiger partial charge in [-0.15, -0.1) is 0 Å². The van der Waals surface area contributed by atoms with Crippen LogP contribution < -0.4 is 21.5 Å². The quantitative estimate of drug-likeness (QED) is 0.116. The van der Waals surface area contributed by atoms with Crippen molar-refractivity contribution in [1.29, 1.82) is 0 Å². The number of nitrogens with two attached hydrogens (primary N) is 1. The molecule has 5 aromatic rings. The molecule has 6 N–H and O–H groups in total. The predicted octanol–water partition coefficient (Wildman–Crippen LogP) is 4.48. The molecule has 3 atom stereocenters. The summed E-state index contributed by atoms with van der Waals surface area (Å²) in [5.41, 5.74) is 6.19. The molecule has 0 aliphatic carbocycles. The molecule has 2 aromatic heterocycles. The van der Waals surface area contributed by atoms with Crippen LogP contribution in [-0.2, 0) is 36.5 Å². The third-order valence-electron chi connectivity index (χ3n) is 8.67. The molecule has 16 heteroatoms. The molecule has 1 aliphatic rings. The number of aromatic nitrogens is 2. The number of aromatic amines is 2. The SMILES string of the molecule is N[C@@H](Cc1c[nH]c2ccccc12)C(=O)NC(CCC(=O)OC[C@@H]1CN(c2ccc3cc(-c4ccccc4C(F)(F)F)[nH]c(=O)c3c2)C(=O)O1)C(=O)O. The molecule has 6 rings (SSSR count). The summed E-state index contributed by atoms with van der Waals surface area (Å²) in [7, 11) is 0. The second-order valence-electron chi connectivity index (χ2n) is 12.2. The van der Waals surface area contributed by atoms with Crippen molar-refractivity contribution in [3.8, 4) is 11.3 Å².